The number of benzene rings is 2. The zero-order chi connectivity index (χ0) is 16.9. The molecule has 1 atom stereocenters. The van der Waals surface area contributed by atoms with Crippen LogP contribution >= 0.6 is 11.6 Å². The lowest BCUT2D eigenvalue weighted by Gasteiger charge is -2.21. The Bertz CT molecular complexity index is 773. The Morgan fingerprint density at radius 1 is 1.25 bits per heavy atom. The molecule has 1 aliphatic heterocycles. The van der Waals surface area contributed by atoms with Gasteiger partial charge in [0.05, 0.1) is 22.8 Å². The molecule has 2 aromatic rings. The SMILES string of the molecule is N#Cc1cccc(CNCC(O)c2cc(Cl)c3c(c2)OCCO3)c1. The first-order chi connectivity index (χ1) is 11.7. The highest BCUT2D eigenvalue weighted by Crippen LogP contribution is 2.39. The van der Waals surface area contributed by atoms with Crippen molar-refractivity contribution >= 4 is 11.6 Å². The van der Waals surface area contributed by atoms with Crippen LogP contribution in [0.1, 0.15) is 22.8 Å². The summed E-state index contributed by atoms with van der Waals surface area (Å²) < 4.78 is 11.0. The average Bonchev–Trinajstić information content (AvgIpc) is 2.62. The maximum Gasteiger partial charge on any atom is 0.179 e. The number of hydrogen-bond acceptors (Lipinski definition) is 5. The van der Waals surface area contributed by atoms with Gasteiger partial charge in [0, 0.05) is 13.1 Å². The molecule has 0 bridgehead atoms. The lowest BCUT2D eigenvalue weighted by molar-refractivity contribution is 0.163. The molecular formula is C18H17ClN2O3. The van der Waals surface area contributed by atoms with E-state index in [1.165, 1.54) is 0 Å². The van der Waals surface area contributed by atoms with Crippen molar-refractivity contribution in [2.24, 2.45) is 0 Å². The molecule has 1 unspecified atom stereocenters. The fourth-order valence-electron chi connectivity index (χ4n) is 2.55. The quantitative estimate of drug-likeness (QED) is 0.872. The van der Waals surface area contributed by atoms with Crippen LogP contribution in [0.5, 0.6) is 11.5 Å². The number of ether oxygens (including phenoxy) is 2. The van der Waals surface area contributed by atoms with Gasteiger partial charge in [-0.25, -0.2) is 0 Å². The van der Waals surface area contributed by atoms with E-state index < -0.39 is 6.10 Å². The van der Waals surface area contributed by atoms with E-state index in [1.54, 1.807) is 18.2 Å². The van der Waals surface area contributed by atoms with Crippen LogP contribution in [0.4, 0.5) is 0 Å². The van der Waals surface area contributed by atoms with Crippen LogP contribution in [0.3, 0.4) is 0 Å². The fraction of sp³-hybridized carbons (Fsp3) is 0.278. The fourth-order valence-corrected chi connectivity index (χ4v) is 2.82. The minimum Gasteiger partial charge on any atom is -0.486 e. The molecule has 0 radical (unpaired) electrons. The van der Waals surface area contributed by atoms with Crippen LogP contribution in [0.25, 0.3) is 0 Å². The van der Waals surface area contributed by atoms with E-state index in [0.717, 1.165) is 5.56 Å². The van der Waals surface area contributed by atoms with Crippen molar-refractivity contribution in [1.82, 2.24) is 5.32 Å². The Hall–Kier alpha value is -2.26. The van der Waals surface area contributed by atoms with Crippen molar-refractivity contribution in [3.8, 4) is 17.6 Å². The molecule has 124 valence electrons. The van der Waals surface area contributed by atoms with Crippen molar-refractivity contribution in [2.75, 3.05) is 19.8 Å². The number of halogens is 1. The third kappa shape index (κ3) is 3.80. The second-order valence-electron chi connectivity index (χ2n) is 5.49. The molecule has 0 saturated carbocycles. The molecule has 0 spiro atoms. The third-order valence-electron chi connectivity index (χ3n) is 3.73. The summed E-state index contributed by atoms with van der Waals surface area (Å²) in [5.74, 6) is 1.09. The molecule has 6 heteroatoms. The number of rotatable bonds is 5. The van der Waals surface area contributed by atoms with Crippen LogP contribution in [-0.2, 0) is 6.54 Å². The van der Waals surface area contributed by atoms with E-state index in [-0.39, 0.29) is 0 Å². The summed E-state index contributed by atoms with van der Waals surface area (Å²) in [7, 11) is 0. The van der Waals surface area contributed by atoms with Gasteiger partial charge in [0.25, 0.3) is 0 Å². The number of nitrogens with one attached hydrogen (secondary N) is 1. The summed E-state index contributed by atoms with van der Waals surface area (Å²) in [6.45, 7) is 1.85. The summed E-state index contributed by atoms with van der Waals surface area (Å²) in [6, 6.07) is 12.9. The van der Waals surface area contributed by atoms with Gasteiger partial charge < -0.3 is 19.9 Å². The van der Waals surface area contributed by atoms with E-state index in [4.69, 9.17) is 26.3 Å². The standard InChI is InChI=1S/C18H17ClN2O3/c19-15-7-14(8-17-18(15)24-5-4-23-17)16(22)11-21-10-13-3-1-2-12(6-13)9-20/h1-3,6-8,16,21-22H,4-5,10-11H2. The molecule has 0 fully saturated rings. The highest BCUT2D eigenvalue weighted by atomic mass is 35.5. The number of fused-ring (bicyclic) bond motifs is 1. The first-order valence-electron chi connectivity index (χ1n) is 7.64. The Labute approximate surface area is 145 Å². The van der Waals surface area contributed by atoms with Crippen molar-refractivity contribution in [3.05, 3.63) is 58.1 Å². The highest BCUT2D eigenvalue weighted by Gasteiger charge is 2.19. The van der Waals surface area contributed by atoms with Gasteiger partial charge in [-0.1, -0.05) is 23.7 Å². The molecule has 0 saturated heterocycles. The molecule has 5 nitrogen and oxygen atoms in total. The first-order valence-corrected chi connectivity index (χ1v) is 8.02. The number of hydrogen-bond donors (Lipinski definition) is 2. The molecule has 0 aliphatic carbocycles. The Kier molecular flexibility index (Phi) is 5.21. The maximum absolute atomic E-state index is 10.4. The van der Waals surface area contributed by atoms with E-state index in [2.05, 4.69) is 11.4 Å². The summed E-state index contributed by atoms with van der Waals surface area (Å²) in [6.07, 6.45) is -0.725. The number of nitrogens with zero attached hydrogens (tertiary/aromatic N) is 1. The van der Waals surface area contributed by atoms with Gasteiger partial charge in [0.1, 0.15) is 13.2 Å². The molecule has 3 rings (SSSR count). The summed E-state index contributed by atoms with van der Waals surface area (Å²) >= 11 is 6.19. The Balaban J connectivity index is 1.62. The van der Waals surface area contributed by atoms with Crippen LogP contribution in [0, 0.1) is 11.3 Å². The topological polar surface area (TPSA) is 74.5 Å². The predicted octanol–water partition coefficient (Wildman–Crippen LogP) is 2.81. The molecule has 2 aromatic carbocycles. The second-order valence-corrected chi connectivity index (χ2v) is 5.89. The predicted molar refractivity (Wildman–Crippen MR) is 90.3 cm³/mol. The van der Waals surface area contributed by atoms with Crippen molar-refractivity contribution in [3.63, 3.8) is 0 Å². The molecule has 1 heterocycles. The van der Waals surface area contributed by atoms with Crippen molar-refractivity contribution < 1.29 is 14.6 Å². The lowest BCUT2D eigenvalue weighted by atomic mass is 10.1. The van der Waals surface area contributed by atoms with E-state index in [1.807, 2.05) is 18.2 Å². The minimum atomic E-state index is -0.725. The molecular weight excluding hydrogens is 328 g/mol. The zero-order valence-corrected chi connectivity index (χ0v) is 13.7. The first kappa shape index (κ1) is 16.6. The van der Waals surface area contributed by atoms with Crippen molar-refractivity contribution in [2.45, 2.75) is 12.6 Å². The van der Waals surface area contributed by atoms with Crippen molar-refractivity contribution in [1.29, 1.82) is 5.26 Å². The number of aliphatic hydroxyl groups excluding tert-OH is 1. The van der Waals surface area contributed by atoms with Gasteiger partial charge in [-0.05, 0) is 35.4 Å². The highest BCUT2D eigenvalue weighted by molar-refractivity contribution is 6.32. The van der Waals surface area contributed by atoms with Gasteiger partial charge in [-0.15, -0.1) is 0 Å². The van der Waals surface area contributed by atoms with E-state index >= 15 is 0 Å². The lowest BCUT2D eigenvalue weighted by Crippen LogP contribution is -2.22. The molecule has 0 aromatic heterocycles. The third-order valence-corrected chi connectivity index (χ3v) is 4.01. The van der Waals surface area contributed by atoms with Gasteiger partial charge >= 0.3 is 0 Å². The number of aliphatic hydroxyl groups is 1. The summed E-state index contributed by atoms with van der Waals surface area (Å²) in [4.78, 5) is 0. The zero-order valence-electron chi connectivity index (χ0n) is 13.0. The van der Waals surface area contributed by atoms with Crippen LogP contribution < -0.4 is 14.8 Å². The van der Waals surface area contributed by atoms with E-state index in [9.17, 15) is 5.11 Å². The summed E-state index contributed by atoms with van der Waals surface area (Å²) in [5.41, 5.74) is 2.28. The molecule has 0 amide bonds. The summed E-state index contributed by atoms with van der Waals surface area (Å²) in [5, 5.41) is 22.9. The number of nitriles is 1. The maximum atomic E-state index is 10.4. The van der Waals surface area contributed by atoms with Gasteiger partial charge in [-0.3, -0.25) is 0 Å². The largest absolute Gasteiger partial charge is 0.486 e. The Morgan fingerprint density at radius 2 is 2.08 bits per heavy atom. The van der Waals surface area contributed by atoms with Crippen LogP contribution in [0.2, 0.25) is 5.02 Å². The van der Waals surface area contributed by atoms with Gasteiger partial charge in [-0.2, -0.15) is 5.26 Å². The smallest absolute Gasteiger partial charge is 0.179 e. The van der Waals surface area contributed by atoms with Gasteiger partial charge in [0.2, 0.25) is 0 Å². The van der Waals surface area contributed by atoms with E-state index in [0.29, 0.717) is 54.0 Å². The normalized spacial score (nSPS) is 14.0. The second kappa shape index (κ2) is 7.54. The van der Waals surface area contributed by atoms with Crippen LogP contribution in [0.15, 0.2) is 36.4 Å². The molecule has 1 aliphatic rings. The van der Waals surface area contributed by atoms with Gasteiger partial charge in [0.15, 0.2) is 11.5 Å². The van der Waals surface area contributed by atoms with Crippen LogP contribution in [-0.4, -0.2) is 24.9 Å². The molecule has 2 N–H and O–H groups in total. The minimum absolute atomic E-state index is 0.354. The Morgan fingerprint density at radius 3 is 2.92 bits per heavy atom. The monoisotopic (exact) mass is 344 g/mol. The molecule has 24 heavy (non-hydrogen) atoms. The average molecular weight is 345 g/mol.